The summed E-state index contributed by atoms with van der Waals surface area (Å²) in [6.07, 6.45) is 3.37. The fourth-order valence-corrected chi connectivity index (χ4v) is 2.62. The Balaban J connectivity index is 1.81. The van der Waals surface area contributed by atoms with E-state index < -0.39 is 0 Å². The number of rotatable bonds is 5. The van der Waals surface area contributed by atoms with Crippen LogP contribution in [0.5, 0.6) is 0 Å². The molecular weight excluding hydrogens is 244 g/mol. The molecule has 0 spiro atoms. The zero-order valence-electron chi connectivity index (χ0n) is 11.4. The third-order valence-electron chi connectivity index (χ3n) is 3.16. The summed E-state index contributed by atoms with van der Waals surface area (Å²) in [7, 11) is 2.02. The zero-order chi connectivity index (χ0) is 13.1. The Morgan fingerprint density at radius 2 is 2.33 bits per heavy atom. The van der Waals surface area contributed by atoms with Gasteiger partial charge in [-0.2, -0.15) is 0 Å². The van der Waals surface area contributed by atoms with Gasteiger partial charge in [0.05, 0.1) is 10.7 Å². The SMILES string of the molecule is CC(C)c1nc(CCN=C(N)N(C)C2CC2)cs1. The maximum atomic E-state index is 5.93. The van der Waals surface area contributed by atoms with Crippen LogP contribution in [0, 0.1) is 0 Å². The molecule has 1 saturated carbocycles. The van der Waals surface area contributed by atoms with E-state index in [0.717, 1.165) is 18.7 Å². The standard InChI is InChI=1S/C13H22N4S/c1-9(2)12-16-10(8-18-12)6-7-15-13(14)17(3)11-4-5-11/h8-9,11H,4-7H2,1-3H3,(H2,14,15). The number of thiazole rings is 1. The molecule has 2 N–H and O–H groups in total. The Kier molecular flexibility index (Phi) is 4.22. The quantitative estimate of drug-likeness (QED) is 0.657. The molecule has 1 aromatic heterocycles. The summed E-state index contributed by atoms with van der Waals surface area (Å²) >= 11 is 1.74. The fraction of sp³-hybridized carbons (Fsp3) is 0.692. The molecule has 2 rings (SSSR count). The van der Waals surface area contributed by atoms with E-state index in [-0.39, 0.29) is 0 Å². The molecule has 0 amide bonds. The van der Waals surface area contributed by atoms with E-state index >= 15 is 0 Å². The normalized spacial score (nSPS) is 16.3. The summed E-state index contributed by atoms with van der Waals surface area (Å²) in [5.41, 5.74) is 7.07. The largest absolute Gasteiger partial charge is 0.370 e. The first-order chi connectivity index (χ1) is 8.58. The Morgan fingerprint density at radius 3 is 2.89 bits per heavy atom. The van der Waals surface area contributed by atoms with Crippen LogP contribution < -0.4 is 5.73 Å². The van der Waals surface area contributed by atoms with Crippen LogP contribution >= 0.6 is 11.3 Å². The number of aromatic nitrogens is 1. The highest BCUT2D eigenvalue weighted by Gasteiger charge is 2.27. The topological polar surface area (TPSA) is 54.5 Å². The van der Waals surface area contributed by atoms with Crippen LogP contribution in [-0.4, -0.2) is 35.5 Å². The molecule has 1 heterocycles. The molecule has 1 aliphatic carbocycles. The first-order valence-electron chi connectivity index (χ1n) is 6.55. The lowest BCUT2D eigenvalue weighted by atomic mass is 10.2. The Labute approximate surface area is 113 Å². The van der Waals surface area contributed by atoms with Crippen LogP contribution in [-0.2, 0) is 6.42 Å². The number of nitrogens with zero attached hydrogens (tertiary/aromatic N) is 3. The van der Waals surface area contributed by atoms with Gasteiger partial charge in [-0.15, -0.1) is 11.3 Å². The molecule has 1 aromatic rings. The van der Waals surface area contributed by atoms with Crippen LogP contribution in [0.2, 0.25) is 0 Å². The Hall–Kier alpha value is -1.10. The van der Waals surface area contributed by atoms with Gasteiger partial charge in [0.1, 0.15) is 0 Å². The number of nitrogens with two attached hydrogens (primary N) is 1. The van der Waals surface area contributed by atoms with Gasteiger partial charge in [-0.1, -0.05) is 13.8 Å². The van der Waals surface area contributed by atoms with Crippen molar-refractivity contribution in [2.24, 2.45) is 10.7 Å². The molecule has 1 fully saturated rings. The van der Waals surface area contributed by atoms with Crippen LogP contribution in [0.25, 0.3) is 0 Å². The van der Waals surface area contributed by atoms with Crippen molar-refractivity contribution in [3.8, 4) is 0 Å². The molecule has 0 bridgehead atoms. The predicted octanol–water partition coefficient (Wildman–Crippen LogP) is 2.22. The maximum Gasteiger partial charge on any atom is 0.191 e. The van der Waals surface area contributed by atoms with Crippen molar-refractivity contribution in [2.45, 2.75) is 45.1 Å². The minimum absolute atomic E-state index is 0.512. The van der Waals surface area contributed by atoms with Gasteiger partial charge in [0, 0.05) is 37.4 Å². The van der Waals surface area contributed by atoms with Gasteiger partial charge >= 0.3 is 0 Å². The van der Waals surface area contributed by atoms with Gasteiger partial charge in [-0.25, -0.2) is 4.98 Å². The average molecular weight is 266 g/mol. The van der Waals surface area contributed by atoms with Crippen molar-refractivity contribution in [1.82, 2.24) is 9.88 Å². The molecule has 4 nitrogen and oxygen atoms in total. The fourth-order valence-electron chi connectivity index (χ4n) is 1.75. The summed E-state index contributed by atoms with van der Waals surface area (Å²) in [6, 6.07) is 0.626. The van der Waals surface area contributed by atoms with Crippen LogP contribution in [0.3, 0.4) is 0 Å². The van der Waals surface area contributed by atoms with Crippen LogP contribution in [0.4, 0.5) is 0 Å². The molecule has 0 saturated heterocycles. The highest BCUT2D eigenvalue weighted by molar-refractivity contribution is 7.09. The smallest absolute Gasteiger partial charge is 0.191 e. The van der Waals surface area contributed by atoms with Gasteiger partial charge < -0.3 is 10.6 Å². The molecule has 0 atom stereocenters. The zero-order valence-corrected chi connectivity index (χ0v) is 12.2. The van der Waals surface area contributed by atoms with Gasteiger partial charge in [-0.3, -0.25) is 4.99 Å². The number of aliphatic imine (C=N–C) groups is 1. The Bertz CT molecular complexity index is 420. The molecule has 0 aliphatic heterocycles. The average Bonchev–Trinajstić information content (AvgIpc) is 3.07. The number of hydrogen-bond donors (Lipinski definition) is 1. The summed E-state index contributed by atoms with van der Waals surface area (Å²) in [5, 5.41) is 3.34. The third kappa shape index (κ3) is 3.45. The predicted molar refractivity (Wildman–Crippen MR) is 77.2 cm³/mol. The molecular formula is C13H22N4S. The molecule has 0 aromatic carbocycles. The van der Waals surface area contributed by atoms with Gasteiger partial charge in [0.2, 0.25) is 0 Å². The number of guanidine groups is 1. The summed E-state index contributed by atoms with van der Waals surface area (Å²) in [4.78, 5) is 11.1. The van der Waals surface area contributed by atoms with E-state index in [1.54, 1.807) is 11.3 Å². The highest BCUT2D eigenvalue weighted by Crippen LogP contribution is 2.24. The molecule has 1 aliphatic rings. The van der Waals surface area contributed by atoms with E-state index in [2.05, 4.69) is 34.1 Å². The maximum absolute atomic E-state index is 5.93. The monoisotopic (exact) mass is 266 g/mol. The van der Waals surface area contributed by atoms with Crippen molar-refractivity contribution in [3.05, 3.63) is 16.1 Å². The lowest BCUT2D eigenvalue weighted by molar-refractivity contribution is 0.487. The highest BCUT2D eigenvalue weighted by atomic mass is 32.1. The third-order valence-corrected chi connectivity index (χ3v) is 4.36. The minimum Gasteiger partial charge on any atom is -0.370 e. The lowest BCUT2D eigenvalue weighted by Gasteiger charge is -2.16. The molecule has 0 radical (unpaired) electrons. The van der Waals surface area contributed by atoms with E-state index in [1.807, 2.05) is 7.05 Å². The second-order valence-corrected chi connectivity index (χ2v) is 6.05. The number of hydrogen-bond acceptors (Lipinski definition) is 3. The first-order valence-corrected chi connectivity index (χ1v) is 7.43. The van der Waals surface area contributed by atoms with Crippen molar-refractivity contribution < 1.29 is 0 Å². The lowest BCUT2D eigenvalue weighted by Crippen LogP contribution is -2.35. The van der Waals surface area contributed by atoms with Crippen molar-refractivity contribution in [1.29, 1.82) is 0 Å². The first kappa shape index (κ1) is 13.3. The van der Waals surface area contributed by atoms with E-state index in [0.29, 0.717) is 17.9 Å². The Morgan fingerprint density at radius 1 is 1.61 bits per heavy atom. The summed E-state index contributed by atoms with van der Waals surface area (Å²) in [6.45, 7) is 5.07. The second-order valence-electron chi connectivity index (χ2n) is 5.16. The minimum atomic E-state index is 0.512. The van der Waals surface area contributed by atoms with Crippen molar-refractivity contribution >= 4 is 17.3 Å². The van der Waals surface area contributed by atoms with Crippen LogP contribution in [0.1, 0.15) is 43.3 Å². The van der Waals surface area contributed by atoms with Gasteiger partial charge in [0.15, 0.2) is 5.96 Å². The molecule has 0 unspecified atom stereocenters. The van der Waals surface area contributed by atoms with Gasteiger partial charge in [0.25, 0.3) is 0 Å². The van der Waals surface area contributed by atoms with E-state index in [1.165, 1.54) is 17.8 Å². The summed E-state index contributed by atoms with van der Waals surface area (Å²) < 4.78 is 0. The molecule has 100 valence electrons. The van der Waals surface area contributed by atoms with E-state index in [4.69, 9.17) is 5.73 Å². The molecule has 5 heteroatoms. The van der Waals surface area contributed by atoms with Crippen molar-refractivity contribution in [3.63, 3.8) is 0 Å². The summed E-state index contributed by atoms with van der Waals surface area (Å²) in [5.74, 6) is 1.18. The van der Waals surface area contributed by atoms with E-state index in [9.17, 15) is 0 Å². The van der Waals surface area contributed by atoms with Crippen molar-refractivity contribution in [2.75, 3.05) is 13.6 Å². The van der Waals surface area contributed by atoms with Crippen LogP contribution in [0.15, 0.2) is 10.4 Å². The van der Waals surface area contributed by atoms with Gasteiger partial charge in [-0.05, 0) is 12.8 Å². The molecule has 18 heavy (non-hydrogen) atoms. The second kappa shape index (κ2) is 5.69.